The van der Waals surface area contributed by atoms with Gasteiger partial charge >= 0.3 is 0 Å². The first-order valence-electron chi connectivity index (χ1n) is 15.0. The van der Waals surface area contributed by atoms with Gasteiger partial charge in [-0.05, 0) is 87.7 Å². The van der Waals surface area contributed by atoms with E-state index in [-0.39, 0.29) is 5.91 Å². The van der Waals surface area contributed by atoms with Crippen molar-refractivity contribution in [1.82, 2.24) is 4.90 Å². The molecule has 228 valence electrons. The van der Waals surface area contributed by atoms with E-state index in [9.17, 15) is 18.3 Å². The average molecular weight is 604 g/mol. The lowest BCUT2D eigenvalue weighted by Crippen LogP contribution is -2.58. The number of carbonyl (C=O) groups excluding carboxylic acids is 1. The molecule has 1 unspecified atom stereocenters. The van der Waals surface area contributed by atoms with Gasteiger partial charge in [-0.3, -0.25) is 9.52 Å². The number of anilines is 4. The van der Waals surface area contributed by atoms with Crippen LogP contribution in [0, 0.1) is 0 Å². The van der Waals surface area contributed by atoms with Gasteiger partial charge in [-0.15, -0.1) is 0 Å². The molecule has 3 heterocycles. The third-order valence-electron chi connectivity index (χ3n) is 9.40. The lowest BCUT2D eigenvalue weighted by Gasteiger charge is -2.46. The molecule has 0 radical (unpaired) electrons. The van der Waals surface area contributed by atoms with Gasteiger partial charge in [0.15, 0.2) is 6.23 Å². The van der Waals surface area contributed by atoms with E-state index in [2.05, 4.69) is 32.7 Å². The molecule has 1 atom stereocenters. The van der Waals surface area contributed by atoms with Crippen molar-refractivity contribution in [3.05, 3.63) is 84.4 Å². The van der Waals surface area contributed by atoms with Crippen molar-refractivity contribution in [3.8, 4) is 0 Å². The van der Waals surface area contributed by atoms with E-state index in [4.69, 9.17) is 0 Å². The summed E-state index contributed by atoms with van der Waals surface area (Å²) < 4.78 is 25.8. The highest BCUT2D eigenvalue weighted by Crippen LogP contribution is 2.44. The molecule has 3 aromatic carbocycles. The summed E-state index contributed by atoms with van der Waals surface area (Å²) in [6.07, 6.45) is 2.88. The van der Waals surface area contributed by atoms with Gasteiger partial charge in [-0.2, -0.15) is 0 Å². The van der Waals surface area contributed by atoms with Crippen LogP contribution in [0.5, 0.6) is 0 Å². The highest BCUT2D eigenvalue weighted by Gasteiger charge is 2.53. The molecule has 10 heteroatoms. The number of sulfonamides is 1. The number of hydrogen-bond donors (Lipinski definition) is 2. The maximum atomic E-state index is 13.2. The SMILES string of the molecule is CC1(C)C(=O)N(CCCN2CCC3(CC2)C(O)N(c2ccc(NS(C)(=O)=O)cc2)CN3c2ccccc2)c2ccccc21. The monoisotopic (exact) mass is 603 g/mol. The van der Waals surface area contributed by atoms with Crippen LogP contribution in [0.3, 0.4) is 0 Å². The van der Waals surface area contributed by atoms with Crippen molar-refractivity contribution in [3.63, 3.8) is 0 Å². The Kier molecular flexibility index (Phi) is 7.64. The van der Waals surface area contributed by atoms with Crippen LogP contribution in [0.1, 0.15) is 38.7 Å². The molecule has 3 aliphatic heterocycles. The van der Waals surface area contributed by atoms with Crippen molar-refractivity contribution >= 4 is 38.7 Å². The Morgan fingerprint density at radius 1 is 0.884 bits per heavy atom. The molecule has 1 amide bonds. The predicted octanol–water partition coefficient (Wildman–Crippen LogP) is 4.21. The second-order valence-electron chi connectivity index (χ2n) is 12.6. The number of likely N-dealkylation sites (tertiary alicyclic amines) is 1. The number of nitrogens with one attached hydrogen (secondary N) is 1. The van der Waals surface area contributed by atoms with Gasteiger partial charge in [0, 0.05) is 42.4 Å². The first-order chi connectivity index (χ1) is 20.5. The fourth-order valence-corrected chi connectivity index (χ4v) is 7.63. The minimum Gasteiger partial charge on any atom is -0.371 e. The zero-order valence-corrected chi connectivity index (χ0v) is 25.9. The van der Waals surface area contributed by atoms with Crippen molar-refractivity contribution < 1.29 is 18.3 Å². The summed E-state index contributed by atoms with van der Waals surface area (Å²) in [5.74, 6) is 0.166. The Labute approximate surface area is 254 Å². The van der Waals surface area contributed by atoms with Crippen LogP contribution >= 0.6 is 0 Å². The lowest BCUT2D eigenvalue weighted by atomic mass is 9.84. The maximum absolute atomic E-state index is 13.2. The van der Waals surface area contributed by atoms with Crippen molar-refractivity contribution in [2.45, 2.75) is 50.3 Å². The van der Waals surface area contributed by atoms with Gasteiger partial charge < -0.3 is 24.7 Å². The van der Waals surface area contributed by atoms with Gasteiger partial charge in [0.1, 0.15) is 0 Å². The maximum Gasteiger partial charge on any atom is 0.237 e. The van der Waals surface area contributed by atoms with E-state index in [1.165, 1.54) is 0 Å². The minimum atomic E-state index is -3.37. The number of aliphatic hydroxyl groups is 1. The van der Waals surface area contributed by atoms with Crippen LogP contribution in [-0.4, -0.2) is 75.2 Å². The van der Waals surface area contributed by atoms with Crippen LogP contribution in [0.15, 0.2) is 78.9 Å². The molecule has 2 saturated heterocycles. The molecule has 43 heavy (non-hydrogen) atoms. The third kappa shape index (κ3) is 5.47. The molecule has 0 saturated carbocycles. The molecule has 3 aliphatic rings. The zero-order valence-electron chi connectivity index (χ0n) is 25.1. The normalized spacial score (nSPS) is 21.4. The van der Waals surface area contributed by atoms with E-state index in [0.717, 1.165) is 67.8 Å². The minimum absolute atomic E-state index is 0.166. The van der Waals surface area contributed by atoms with E-state index in [1.807, 2.05) is 72.2 Å². The first-order valence-corrected chi connectivity index (χ1v) is 16.9. The number of benzene rings is 3. The summed E-state index contributed by atoms with van der Waals surface area (Å²) >= 11 is 0. The number of aliphatic hydroxyl groups excluding tert-OH is 1. The molecule has 0 aromatic heterocycles. The highest BCUT2D eigenvalue weighted by atomic mass is 32.2. The number of rotatable bonds is 8. The van der Waals surface area contributed by atoms with E-state index < -0.39 is 27.2 Å². The second-order valence-corrected chi connectivity index (χ2v) is 14.3. The fourth-order valence-electron chi connectivity index (χ4n) is 7.07. The Balaban J connectivity index is 1.14. The zero-order chi connectivity index (χ0) is 30.4. The van der Waals surface area contributed by atoms with E-state index in [1.54, 1.807) is 12.1 Å². The van der Waals surface area contributed by atoms with Crippen LogP contribution in [0.25, 0.3) is 0 Å². The molecule has 9 nitrogen and oxygen atoms in total. The molecular formula is C33H41N5O4S. The summed E-state index contributed by atoms with van der Waals surface area (Å²) in [6, 6.07) is 25.5. The van der Waals surface area contributed by atoms with Crippen LogP contribution in [0.4, 0.5) is 22.7 Å². The molecule has 1 spiro atoms. The van der Waals surface area contributed by atoms with Gasteiger partial charge in [0.05, 0.1) is 23.9 Å². The molecule has 6 rings (SSSR count). The lowest BCUT2D eigenvalue weighted by molar-refractivity contribution is -0.122. The average Bonchev–Trinajstić information content (AvgIpc) is 3.37. The Hall–Kier alpha value is -3.60. The second kappa shape index (κ2) is 11.2. The Morgan fingerprint density at radius 3 is 2.21 bits per heavy atom. The number of carbonyl (C=O) groups is 1. The van der Waals surface area contributed by atoms with Crippen LogP contribution in [-0.2, 0) is 20.2 Å². The summed E-state index contributed by atoms with van der Waals surface area (Å²) in [6.45, 7) is 7.82. The topological polar surface area (TPSA) is 96.4 Å². The van der Waals surface area contributed by atoms with Crippen LogP contribution in [0.2, 0.25) is 0 Å². The summed E-state index contributed by atoms with van der Waals surface area (Å²) in [7, 11) is -3.37. The summed E-state index contributed by atoms with van der Waals surface area (Å²) in [5, 5.41) is 11.9. The highest BCUT2D eigenvalue weighted by molar-refractivity contribution is 7.92. The van der Waals surface area contributed by atoms with E-state index >= 15 is 0 Å². The van der Waals surface area contributed by atoms with Crippen LogP contribution < -0.4 is 19.4 Å². The van der Waals surface area contributed by atoms with Gasteiger partial charge in [-0.1, -0.05) is 36.4 Å². The summed E-state index contributed by atoms with van der Waals surface area (Å²) in [4.78, 5) is 22.0. The number of hydrogen-bond acceptors (Lipinski definition) is 7. The van der Waals surface area contributed by atoms with Crippen molar-refractivity contribution in [1.29, 1.82) is 0 Å². The predicted molar refractivity (Wildman–Crippen MR) is 172 cm³/mol. The standard InChI is InChI=1S/C33H41N5O4S/c1-32(2)28-12-7-8-13-29(28)36(30(32)39)21-9-20-35-22-18-33(19-23-35)31(40)37(24-38(33)27-10-5-4-6-11-27)26-16-14-25(15-17-26)34-43(3,41)42/h4-8,10-17,31,34,40H,9,18-24H2,1-3H3. The smallest absolute Gasteiger partial charge is 0.237 e. The number of nitrogens with zero attached hydrogens (tertiary/aromatic N) is 4. The molecular weight excluding hydrogens is 562 g/mol. The number of amides is 1. The number of para-hydroxylation sites is 2. The molecule has 0 bridgehead atoms. The number of piperidine rings is 1. The van der Waals surface area contributed by atoms with Gasteiger partial charge in [0.25, 0.3) is 0 Å². The molecule has 3 aromatic rings. The Bertz CT molecular complexity index is 1570. The van der Waals surface area contributed by atoms with Gasteiger partial charge in [0.2, 0.25) is 15.9 Å². The third-order valence-corrected chi connectivity index (χ3v) is 10.0. The Morgan fingerprint density at radius 2 is 1.53 bits per heavy atom. The summed E-state index contributed by atoms with van der Waals surface area (Å²) in [5.41, 5.74) is 3.57. The van der Waals surface area contributed by atoms with Crippen molar-refractivity contribution in [2.75, 3.05) is 58.5 Å². The molecule has 0 aliphatic carbocycles. The number of fused-ring (bicyclic) bond motifs is 1. The van der Waals surface area contributed by atoms with E-state index in [0.29, 0.717) is 18.9 Å². The quantitative estimate of drug-likeness (QED) is 0.398. The van der Waals surface area contributed by atoms with Crippen molar-refractivity contribution in [2.24, 2.45) is 0 Å². The first kappa shape index (κ1) is 29.5. The largest absolute Gasteiger partial charge is 0.371 e. The molecule has 2 fully saturated rings. The molecule has 2 N–H and O–H groups in total. The fraction of sp³-hybridized carbons (Fsp3) is 0.424. The van der Waals surface area contributed by atoms with Gasteiger partial charge in [-0.25, -0.2) is 8.42 Å².